The van der Waals surface area contributed by atoms with Crippen LogP contribution in [0.15, 0.2) is 0 Å². The number of piperazine rings is 1. The predicted octanol–water partition coefficient (Wildman–Crippen LogP) is 4.49. The molecule has 0 radical (unpaired) electrons. The lowest BCUT2D eigenvalue weighted by Crippen LogP contribution is -2.50. The van der Waals surface area contributed by atoms with Gasteiger partial charge in [-0.05, 0) is 24.7 Å². The van der Waals surface area contributed by atoms with Gasteiger partial charge in [0.15, 0.2) is 0 Å². The van der Waals surface area contributed by atoms with Crippen LogP contribution in [0.4, 0.5) is 0 Å². The van der Waals surface area contributed by atoms with E-state index in [0.29, 0.717) is 11.5 Å². The van der Waals surface area contributed by atoms with Crippen LogP contribution in [0.2, 0.25) is 0 Å². The minimum absolute atomic E-state index is 0.554. The molecule has 2 N–H and O–H groups in total. The van der Waals surface area contributed by atoms with Gasteiger partial charge in [0.2, 0.25) is 0 Å². The molecule has 2 atom stereocenters. The summed E-state index contributed by atoms with van der Waals surface area (Å²) in [5.74, 6) is 0. The molecule has 0 aliphatic carbocycles. The van der Waals surface area contributed by atoms with Crippen LogP contribution in [0.25, 0.3) is 0 Å². The summed E-state index contributed by atoms with van der Waals surface area (Å²) < 4.78 is 0. The number of rotatable bonds is 11. The molecule has 1 rings (SSSR count). The van der Waals surface area contributed by atoms with Crippen molar-refractivity contribution in [2.24, 2.45) is 5.41 Å². The molecule has 120 valence electrons. The molecule has 1 aliphatic heterocycles. The van der Waals surface area contributed by atoms with Crippen LogP contribution in [-0.4, -0.2) is 25.7 Å². The fourth-order valence-corrected chi connectivity index (χ4v) is 3.54. The Labute approximate surface area is 127 Å². The molecule has 0 amide bonds. The Morgan fingerprint density at radius 1 is 0.900 bits per heavy atom. The molecule has 2 unspecified atom stereocenters. The molecule has 1 heterocycles. The molecule has 1 fully saturated rings. The van der Waals surface area contributed by atoms with E-state index in [1.165, 1.54) is 64.2 Å². The van der Waals surface area contributed by atoms with E-state index < -0.39 is 0 Å². The predicted molar refractivity (Wildman–Crippen MR) is 90.3 cm³/mol. The first-order valence-corrected chi connectivity index (χ1v) is 9.14. The van der Waals surface area contributed by atoms with E-state index in [-0.39, 0.29) is 0 Å². The lowest BCUT2D eigenvalue weighted by Gasteiger charge is -2.36. The molecule has 0 saturated carbocycles. The highest BCUT2D eigenvalue weighted by Crippen LogP contribution is 2.35. The Balaban J connectivity index is 2.34. The molecular formula is C18H38N2. The topological polar surface area (TPSA) is 24.1 Å². The lowest BCUT2D eigenvalue weighted by molar-refractivity contribution is 0.194. The van der Waals surface area contributed by atoms with E-state index in [1.54, 1.807) is 0 Å². The van der Waals surface area contributed by atoms with Gasteiger partial charge in [-0.2, -0.15) is 0 Å². The highest BCUT2D eigenvalue weighted by Gasteiger charge is 2.27. The van der Waals surface area contributed by atoms with Gasteiger partial charge >= 0.3 is 0 Å². The van der Waals surface area contributed by atoms with Gasteiger partial charge in [-0.1, -0.05) is 65.7 Å². The maximum Gasteiger partial charge on any atom is 0.0198 e. The average molecular weight is 283 g/mol. The van der Waals surface area contributed by atoms with Crippen LogP contribution in [0.3, 0.4) is 0 Å². The monoisotopic (exact) mass is 282 g/mol. The number of nitrogens with one attached hydrogen (secondary N) is 2. The van der Waals surface area contributed by atoms with Crippen molar-refractivity contribution in [3.63, 3.8) is 0 Å². The van der Waals surface area contributed by atoms with Crippen LogP contribution in [0, 0.1) is 5.41 Å². The van der Waals surface area contributed by atoms with E-state index in [1.807, 2.05) is 0 Å². The molecule has 1 saturated heterocycles. The van der Waals surface area contributed by atoms with Crippen molar-refractivity contribution >= 4 is 0 Å². The van der Waals surface area contributed by atoms with Gasteiger partial charge in [0.25, 0.3) is 0 Å². The maximum absolute atomic E-state index is 3.70. The average Bonchev–Trinajstić information content (AvgIpc) is 2.46. The Hall–Kier alpha value is -0.0800. The van der Waals surface area contributed by atoms with Gasteiger partial charge < -0.3 is 10.6 Å². The van der Waals surface area contributed by atoms with Crippen LogP contribution in [0.5, 0.6) is 0 Å². The standard InChI is InChI=1S/C18H38N2/c1-4-6-8-9-10-12-18(3,11-7-5-2)15-17-16-19-13-14-20-17/h17,19-20H,4-16H2,1-3H3. The van der Waals surface area contributed by atoms with Crippen LogP contribution >= 0.6 is 0 Å². The van der Waals surface area contributed by atoms with E-state index >= 15 is 0 Å². The van der Waals surface area contributed by atoms with Crippen molar-refractivity contribution < 1.29 is 0 Å². The van der Waals surface area contributed by atoms with Gasteiger partial charge in [0.1, 0.15) is 0 Å². The van der Waals surface area contributed by atoms with Crippen molar-refractivity contribution in [3.8, 4) is 0 Å². The van der Waals surface area contributed by atoms with Crippen molar-refractivity contribution in [2.45, 2.75) is 91.0 Å². The van der Waals surface area contributed by atoms with Gasteiger partial charge in [-0.3, -0.25) is 0 Å². The zero-order chi connectivity index (χ0) is 14.7. The van der Waals surface area contributed by atoms with Gasteiger partial charge in [-0.15, -0.1) is 0 Å². The minimum Gasteiger partial charge on any atom is -0.314 e. The van der Waals surface area contributed by atoms with Crippen molar-refractivity contribution in [3.05, 3.63) is 0 Å². The molecule has 2 nitrogen and oxygen atoms in total. The first-order valence-electron chi connectivity index (χ1n) is 9.14. The smallest absolute Gasteiger partial charge is 0.0198 e. The Kier molecular flexibility index (Phi) is 9.54. The SMILES string of the molecule is CCCCCCCC(C)(CCCC)CC1CNCCN1. The number of unbranched alkanes of at least 4 members (excludes halogenated alkanes) is 5. The van der Waals surface area contributed by atoms with Gasteiger partial charge in [-0.25, -0.2) is 0 Å². The second kappa shape index (κ2) is 10.6. The van der Waals surface area contributed by atoms with E-state index in [2.05, 4.69) is 31.4 Å². The Morgan fingerprint density at radius 2 is 1.60 bits per heavy atom. The van der Waals surface area contributed by atoms with Crippen LogP contribution in [0.1, 0.15) is 85.0 Å². The molecule has 0 aromatic carbocycles. The second-order valence-electron chi connectivity index (χ2n) is 7.14. The fourth-order valence-electron chi connectivity index (χ4n) is 3.54. The Bertz CT molecular complexity index is 223. The minimum atomic E-state index is 0.554. The molecule has 20 heavy (non-hydrogen) atoms. The normalized spacial score (nSPS) is 22.6. The molecule has 1 aliphatic rings. The molecule has 2 heteroatoms. The molecule has 0 spiro atoms. The Morgan fingerprint density at radius 3 is 2.25 bits per heavy atom. The van der Waals surface area contributed by atoms with Crippen LogP contribution < -0.4 is 10.6 Å². The summed E-state index contributed by atoms with van der Waals surface area (Å²) in [6, 6.07) is 0.696. The van der Waals surface area contributed by atoms with Crippen molar-refractivity contribution in [1.29, 1.82) is 0 Å². The first kappa shape index (κ1) is 18.0. The quantitative estimate of drug-likeness (QED) is 0.545. The van der Waals surface area contributed by atoms with Crippen molar-refractivity contribution in [1.82, 2.24) is 10.6 Å². The summed E-state index contributed by atoms with van der Waals surface area (Å²) in [5, 5.41) is 7.23. The third kappa shape index (κ3) is 7.64. The summed E-state index contributed by atoms with van der Waals surface area (Å²) in [6.45, 7) is 10.6. The summed E-state index contributed by atoms with van der Waals surface area (Å²) in [5.41, 5.74) is 0.554. The molecule has 0 bridgehead atoms. The zero-order valence-electron chi connectivity index (χ0n) is 14.3. The van der Waals surface area contributed by atoms with Crippen molar-refractivity contribution in [2.75, 3.05) is 19.6 Å². The summed E-state index contributed by atoms with van der Waals surface area (Å²) >= 11 is 0. The van der Waals surface area contributed by atoms with Gasteiger partial charge in [0, 0.05) is 25.7 Å². The van der Waals surface area contributed by atoms with Gasteiger partial charge in [0.05, 0.1) is 0 Å². The van der Waals surface area contributed by atoms with Crippen LogP contribution in [-0.2, 0) is 0 Å². The highest BCUT2D eigenvalue weighted by molar-refractivity contribution is 4.84. The molecule has 0 aromatic heterocycles. The molecule has 0 aromatic rings. The largest absolute Gasteiger partial charge is 0.314 e. The molecular weight excluding hydrogens is 244 g/mol. The second-order valence-corrected chi connectivity index (χ2v) is 7.14. The first-order chi connectivity index (χ1) is 9.70. The third-order valence-corrected chi connectivity index (χ3v) is 4.88. The summed E-state index contributed by atoms with van der Waals surface area (Å²) in [4.78, 5) is 0. The van der Waals surface area contributed by atoms with E-state index in [4.69, 9.17) is 0 Å². The zero-order valence-corrected chi connectivity index (χ0v) is 14.3. The third-order valence-electron chi connectivity index (χ3n) is 4.88. The number of hydrogen-bond acceptors (Lipinski definition) is 2. The highest BCUT2D eigenvalue weighted by atomic mass is 15.1. The van der Waals surface area contributed by atoms with E-state index in [0.717, 1.165) is 19.6 Å². The maximum atomic E-state index is 3.70. The fraction of sp³-hybridized carbons (Fsp3) is 1.00. The summed E-state index contributed by atoms with van der Waals surface area (Å²) in [7, 11) is 0. The number of hydrogen-bond donors (Lipinski definition) is 2. The van der Waals surface area contributed by atoms with E-state index in [9.17, 15) is 0 Å². The summed E-state index contributed by atoms with van der Waals surface area (Å²) in [6.07, 6.45) is 14.0. The lowest BCUT2D eigenvalue weighted by atomic mass is 9.75.